The minimum atomic E-state index is 0.367. The van der Waals surface area contributed by atoms with Crippen molar-refractivity contribution >= 4 is 34.7 Å². The quantitative estimate of drug-likeness (QED) is 0.751. The molecule has 6 nitrogen and oxygen atoms in total. The van der Waals surface area contributed by atoms with Gasteiger partial charge in [0.1, 0.15) is 0 Å². The second kappa shape index (κ2) is 7.07. The fraction of sp³-hybridized carbons (Fsp3) is 0.526. The van der Waals surface area contributed by atoms with Crippen LogP contribution in [0.15, 0.2) is 34.7 Å². The summed E-state index contributed by atoms with van der Waals surface area (Å²) in [5.41, 5.74) is 3.89. The van der Waals surface area contributed by atoms with Crippen LogP contribution in [-0.2, 0) is 0 Å². The van der Waals surface area contributed by atoms with E-state index in [9.17, 15) is 0 Å². The normalized spacial score (nSPS) is 22.6. The third kappa shape index (κ3) is 3.46. The average molecular weight is 401 g/mol. The van der Waals surface area contributed by atoms with E-state index < -0.39 is 0 Å². The third-order valence-corrected chi connectivity index (χ3v) is 7.23. The van der Waals surface area contributed by atoms with Crippen LogP contribution in [0.25, 0.3) is 5.57 Å². The van der Waals surface area contributed by atoms with Crippen molar-refractivity contribution in [2.75, 3.05) is 13.1 Å². The van der Waals surface area contributed by atoms with Gasteiger partial charge in [0.05, 0.1) is 12.7 Å². The third-order valence-electron chi connectivity index (χ3n) is 5.19. The van der Waals surface area contributed by atoms with E-state index in [-0.39, 0.29) is 0 Å². The molecular weight excluding hydrogens is 376 g/mol. The molecule has 0 amide bonds. The van der Waals surface area contributed by atoms with Crippen LogP contribution in [0.2, 0.25) is 0 Å². The summed E-state index contributed by atoms with van der Waals surface area (Å²) in [6.45, 7) is 5.97. The molecule has 1 N–H and O–H groups in total. The molecule has 1 saturated heterocycles. The number of aliphatic imine (C=N–C) groups is 1. The van der Waals surface area contributed by atoms with Gasteiger partial charge < -0.3 is 4.90 Å². The van der Waals surface area contributed by atoms with Crippen LogP contribution in [0, 0.1) is 0 Å². The maximum atomic E-state index is 4.93. The standard InChI is InChI=1S/C19H24N6S2/c1-12(2)25-10-13(8-22-25)16-9-21-18(19-20-5-6-26-19)24-11-14(7-17(16)24)23-27-15-3-4-15/h5-6,8,10,12,14-15,23H,3-4,7,9,11H2,1-2H3. The minimum Gasteiger partial charge on any atom is -0.326 e. The van der Waals surface area contributed by atoms with Crippen LogP contribution in [0.4, 0.5) is 0 Å². The molecule has 2 aromatic heterocycles. The first-order valence-corrected chi connectivity index (χ1v) is 11.3. The molecule has 0 spiro atoms. The van der Waals surface area contributed by atoms with Crippen LogP contribution in [0.1, 0.15) is 49.7 Å². The number of hydrogen-bond donors (Lipinski definition) is 1. The van der Waals surface area contributed by atoms with E-state index in [0.717, 1.165) is 29.1 Å². The van der Waals surface area contributed by atoms with E-state index in [1.807, 2.05) is 34.4 Å². The highest BCUT2D eigenvalue weighted by Crippen LogP contribution is 2.38. The number of aromatic nitrogens is 3. The van der Waals surface area contributed by atoms with E-state index in [1.54, 1.807) is 11.3 Å². The van der Waals surface area contributed by atoms with Gasteiger partial charge in [-0.3, -0.25) is 14.4 Å². The molecule has 0 radical (unpaired) electrons. The van der Waals surface area contributed by atoms with Gasteiger partial charge in [0.25, 0.3) is 0 Å². The van der Waals surface area contributed by atoms with E-state index in [2.05, 4.69) is 39.7 Å². The summed E-state index contributed by atoms with van der Waals surface area (Å²) in [7, 11) is 0. The summed E-state index contributed by atoms with van der Waals surface area (Å²) in [5.74, 6) is 1.03. The molecule has 0 bridgehead atoms. The van der Waals surface area contributed by atoms with Crippen molar-refractivity contribution in [1.82, 2.24) is 24.4 Å². The smallest absolute Gasteiger partial charge is 0.165 e. The van der Waals surface area contributed by atoms with Gasteiger partial charge in [0, 0.05) is 64.9 Å². The summed E-state index contributed by atoms with van der Waals surface area (Å²) < 4.78 is 5.74. The Morgan fingerprint density at radius 1 is 1.33 bits per heavy atom. The van der Waals surface area contributed by atoms with Crippen molar-refractivity contribution < 1.29 is 0 Å². The second-order valence-electron chi connectivity index (χ2n) is 7.65. The maximum absolute atomic E-state index is 4.93. The van der Waals surface area contributed by atoms with Crippen LogP contribution < -0.4 is 4.72 Å². The van der Waals surface area contributed by atoms with Gasteiger partial charge in [-0.05, 0) is 26.7 Å². The molecule has 1 atom stereocenters. The predicted octanol–water partition coefficient (Wildman–Crippen LogP) is 3.57. The summed E-state index contributed by atoms with van der Waals surface area (Å²) >= 11 is 3.58. The first kappa shape index (κ1) is 17.5. The summed E-state index contributed by atoms with van der Waals surface area (Å²) in [6, 6.07) is 0.815. The van der Waals surface area contributed by atoms with Crippen molar-refractivity contribution in [2.45, 2.75) is 50.4 Å². The summed E-state index contributed by atoms with van der Waals surface area (Å²) in [6.07, 6.45) is 9.75. The second-order valence-corrected chi connectivity index (χ2v) is 9.68. The van der Waals surface area contributed by atoms with E-state index >= 15 is 0 Å². The van der Waals surface area contributed by atoms with E-state index in [0.29, 0.717) is 18.6 Å². The van der Waals surface area contributed by atoms with Gasteiger partial charge in [0.2, 0.25) is 0 Å². The van der Waals surface area contributed by atoms with Gasteiger partial charge in [-0.2, -0.15) is 5.10 Å². The predicted molar refractivity (Wildman–Crippen MR) is 112 cm³/mol. The lowest BCUT2D eigenvalue weighted by Gasteiger charge is -2.27. The van der Waals surface area contributed by atoms with Gasteiger partial charge in [-0.15, -0.1) is 11.3 Å². The summed E-state index contributed by atoms with van der Waals surface area (Å²) in [4.78, 5) is 11.8. The molecule has 8 heteroatoms. The Morgan fingerprint density at radius 3 is 2.93 bits per heavy atom. The Labute approximate surface area is 167 Å². The Bertz CT molecular complexity index is 878. The SMILES string of the molecule is CC(C)n1cc(C2=C3CC(NSC4CC4)CN3C(c3nccs3)=NC2)cn1. The number of nitrogens with zero attached hydrogens (tertiary/aromatic N) is 5. The van der Waals surface area contributed by atoms with Crippen LogP contribution in [0.5, 0.6) is 0 Å². The van der Waals surface area contributed by atoms with Crippen molar-refractivity contribution in [3.05, 3.63) is 40.2 Å². The highest BCUT2D eigenvalue weighted by molar-refractivity contribution is 7.98. The number of amidine groups is 1. The van der Waals surface area contributed by atoms with E-state index in [4.69, 9.17) is 4.99 Å². The lowest BCUT2D eigenvalue weighted by Crippen LogP contribution is -2.35. The zero-order valence-electron chi connectivity index (χ0n) is 15.6. The number of rotatable bonds is 6. The highest BCUT2D eigenvalue weighted by atomic mass is 32.2. The Morgan fingerprint density at radius 2 is 2.22 bits per heavy atom. The van der Waals surface area contributed by atoms with Crippen LogP contribution in [0.3, 0.4) is 0 Å². The van der Waals surface area contributed by atoms with Crippen molar-refractivity contribution in [3.8, 4) is 0 Å². The van der Waals surface area contributed by atoms with Crippen molar-refractivity contribution in [2.24, 2.45) is 4.99 Å². The van der Waals surface area contributed by atoms with Gasteiger partial charge in [0.15, 0.2) is 10.8 Å². The van der Waals surface area contributed by atoms with Crippen molar-refractivity contribution in [1.29, 1.82) is 0 Å². The average Bonchev–Trinajstić information content (AvgIpc) is 3.11. The molecule has 142 valence electrons. The molecule has 5 rings (SSSR count). The molecule has 1 saturated carbocycles. The molecule has 2 fully saturated rings. The Hall–Kier alpha value is -1.64. The zero-order chi connectivity index (χ0) is 18.4. The molecule has 0 aromatic carbocycles. The zero-order valence-corrected chi connectivity index (χ0v) is 17.3. The number of thiazole rings is 1. The van der Waals surface area contributed by atoms with Crippen LogP contribution >= 0.6 is 23.3 Å². The fourth-order valence-electron chi connectivity index (χ4n) is 3.58. The van der Waals surface area contributed by atoms with Crippen molar-refractivity contribution in [3.63, 3.8) is 0 Å². The largest absolute Gasteiger partial charge is 0.326 e. The minimum absolute atomic E-state index is 0.367. The van der Waals surface area contributed by atoms with E-state index in [1.165, 1.54) is 29.7 Å². The topological polar surface area (TPSA) is 58.3 Å². The molecular formula is C19H24N6S2. The van der Waals surface area contributed by atoms with Gasteiger partial charge in [-0.25, -0.2) is 4.98 Å². The Kier molecular flexibility index (Phi) is 4.57. The molecule has 27 heavy (non-hydrogen) atoms. The van der Waals surface area contributed by atoms with Crippen LogP contribution in [-0.4, -0.2) is 49.9 Å². The highest BCUT2D eigenvalue weighted by Gasteiger charge is 2.36. The Balaban J connectivity index is 1.46. The molecule has 1 unspecified atom stereocenters. The number of fused-ring (bicyclic) bond motifs is 1. The lowest BCUT2D eigenvalue weighted by atomic mass is 10.0. The monoisotopic (exact) mass is 400 g/mol. The number of nitrogens with one attached hydrogen (secondary N) is 1. The van der Waals surface area contributed by atoms with Gasteiger partial charge >= 0.3 is 0 Å². The number of hydrogen-bond acceptors (Lipinski definition) is 7. The maximum Gasteiger partial charge on any atom is 0.165 e. The molecule has 3 aliphatic rings. The van der Waals surface area contributed by atoms with Gasteiger partial charge in [-0.1, -0.05) is 11.9 Å². The first-order chi connectivity index (χ1) is 13.2. The molecule has 4 heterocycles. The lowest BCUT2D eigenvalue weighted by molar-refractivity contribution is 0.532. The molecule has 1 aliphatic carbocycles. The fourth-order valence-corrected chi connectivity index (χ4v) is 5.15. The first-order valence-electron chi connectivity index (χ1n) is 9.58. The molecule has 2 aliphatic heterocycles. The molecule has 2 aromatic rings. The summed E-state index contributed by atoms with van der Waals surface area (Å²) in [5, 5.41) is 8.40.